The maximum absolute atomic E-state index is 12.5. The molecular weight excluding hydrogens is 362 g/mol. The number of hydrogen-bond acceptors (Lipinski definition) is 5. The van der Waals surface area contributed by atoms with Crippen LogP contribution in [0.1, 0.15) is 49.8 Å². The van der Waals surface area contributed by atoms with Gasteiger partial charge in [-0.15, -0.1) is 0 Å². The van der Waals surface area contributed by atoms with E-state index in [-0.39, 0.29) is 5.63 Å². The van der Waals surface area contributed by atoms with Gasteiger partial charge in [0.25, 0.3) is 5.91 Å². The Labute approximate surface area is 162 Å². The second kappa shape index (κ2) is 8.04. The summed E-state index contributed by atoms with van der Waals surface area (Å²) in [5, 5.41) is 12.5. The van der Waals surface area contributed by atoms with E-state index in [1.165, 1.54) is 0 Å². The van der Waals surface area contributed by atoms with Gasteiger partial charge < -0.3 is 19.6 Å². The van der Waals surface area contributed by atoms with Gasteiger partial charge >= 0.3 is 11.6 Å². The van der Waals surface area contributed by atoms with Crippen LogP contribution in [0.5, 0.6) is 5.75 Å². The molecule has 150 valence electrons. The van der Waals surface area contributed by atoms with E-state index in [0.29, 0.717) is 36.2 Å². The fourth-order valence-electron chi connectivity index (χ4n) is 3.68. The highest BCUT2D eigenvalue weighted by atomic mass is 16.5. The van der Waals surface area contributed by atoms with Gasteiger partial charge in [0.2, 0.25) is 0 Å². The van der Waals surface area contributed by atoms with Crippen LogP contribution in [0.2, 0.25) is 0 Å². The highest BCUT2D eigenvalue weighted by Gasteiger charge is 2.26. The largest absolute Gasteiger partial charge is 0.480 e. The molecule has 0 radical (unpaired) electrons. The Morgan fingerprint density at radius 2 is 2.00 bits per heavy atom. The molecule has 1 amide bonds. The van der Waals surface area contributed by atoms with E-state index in [1.807, 2.05) is 19.9 Å². The van der Waals surface area contributed by atoms with E-state index in [2.05, 4.69) is 5.32 Å². The molecule has 7 nitrogen and oxygen atoms in total. The SMILES string of the molecule is CCC[C@H](NC(=O)[C@H](C)Oc1cc(C)cc2oc(=O)c3c(c12)CCC3)C(=O)O. The Morgan fingerprint density at radius 3 is 2.68 bits per heavy atom. The van der Waals surface area contributed by atoms with Gasteiger partial charge in [-0.1, -0.05) is 13.3 Å². The number of aryl methyl sites for hydroxylation is 2. The van der Waals surface area contributed by atoms with Crippen molar-refractivity contribution in [3.8, 4) is 5.75 Å². The average Bonchev–Trinajstić information content (AvgIpc) is 3.10. The van der Waals surface area contributed by atoms with Crippen molar-refractivity contribution in [2.24, 2.45) is 0 Å². The fourth-order valence-corrected chi connectivity index (χ4v) is 3.68. The minimum atomic E-state index is -1.07. The number of rotatable bonds is 7. The molecule has 1 aromatic heterocycles. The zero-order valence-corrected chi connectivity index (χ0v) is 16.3. The number of ether oxygens (including phenoxy) is 1. The summed E-state index contributed by atoms with van der Waals surface area (Å²) in [5.74, 6) is -1.09. The zero-order valence-electron chi connectivity index (χ0n) is 16.3. The first-order valence-electron chi connectivity index (χ1n) is 9.60. The average molecular weight is 387 g/mol. The highest BCUT2D eigenvalue weighted by molar-refractivity contribution is 5.90. The molecule has 3 rings (SSSR count). The van der Waals surface area contributed by atoms with Crippen molar-refractivity contribution >= 4 is 22.8 Å². The highest BCUT2D eigenvalue weighted by Crippen LogP contribution is 2.35. The van der Waals surface area contributed by atoms with Gasteiger partial charge in [-0.2, -0.15) is 0 Å². The molecule has 1 aliphatic rings. The molecule has 2 N–H and O–H groups in total. The lowest BCUT2D eigenvalue weighted by Gasteiger charge is -2.20. The van der Waals surface area contributed by atoms with Gasteiger partial charge in [0, 0.05) is 5.56 Å². The van der Waals surface area contributed by atoms with E-state index in [9.17, 15) is 19.5 Å². The number of aliphatic carboxylic acids is 1. The molecule has 1 heterocycles. The first-order valence-corrected chi connectivity index (χ1v) is 9.60. The van der Waals surface area contributed by atoms with Crippen molar-refractivity contribution < 1.29 is 23.8 Å². The third kappa shape index (κ3) is 3.88. The van der Waals surface area contributed by atoms with Crippen LogP contribution in [-0.2, 0) is 22.4 Å². The number of carbonyl (C=O) groups excluding carboxylic acids is 1. The number of nitrogens with one attached hydrogen (secondary N) is 1. The molecule has 2 aromatic rings. The fraction of sp³-hybridized carbons (Fsp3) is 0.476. The van der Waals surface area contributed by atoms with Gasteiger partial charge in [0.05, 0.1) is 5.39 Å². The second-order valence-corrected chi connectivity index (χ2v) is 7.28. The molecule has 1 aromatic carbocycles. The van der Waals surface area contributed by atoms with Crippen LogP contribution in [-0.4, -0.2) is 29.1 Å². The van der Waals surface area contributed by atoms with Gasteiger partial charge in [-0.25, -0.2) is 9.59 Å². The first kappa shape index (κ1) is 19.9. The minimum Gasteiger partial charge on any atom is -0.480 e. The molecule has 0 aliphatic heterocycles. The number of carbonyl (C=O) groups is 2. The summed E-state index contributed by atoms with van der Waals surface area (Å²) in [6, 6.07) is 2.65. The van der Waals surface area contributed by atoms with E-state index < -0.39 is 24.0 Å². The maximum atomic E-state index is 12.5. The van der Waals surface area contributed by atoms with Crippen molar-refractivity contribution in [2.75, 3.05) is 0 Å². The topological polar surface area (TPSA) is 106 Å². The van der Waals surface area contributed by atoms with Crippen LogP contribution >= 0.6 is 0 Å². The second-order valence-electron chi connectivity index (χ2n) is 7.28. The van der Waals surface area contributed by atoms with Crippen molar-refractivity contribution in [3.63, 3.8) is 0 Å². The van der Waals surface area contributed by atoms with Crippen molar-refractivity contribution in [3.05, 3.63) is 39.2 Å². The number of carboxylic acid groups (broad SMARTS) is 1. The monoisotopic (exact) mass is 387 g/mol. The number of amides is 1. The molecular formula is C21H25NO6. The van der Waals surface area contributed by atoms with Crippen LogP contribution in [0, 0.1) is 6.92 Å². The maximum Gasteiger partial charge on any atom is 0.339 e. The molecule has 0 spiro atoms. The smallest absolute Gasteiger partial charge is 0.339 e. The molecule has 2 atom stereocenters. The molecule has 28 heavy (non-hydrogen) atoms. The summed E-state index contributed by atoms with van der Waals surface area (Å²) >= 11 is 0. The van der Waals surface area contributed by atoms with Crippen molar-refractivity contribution in [2.45, 2.75) is 65.0 Å². The van der Waals surface area contributed by atoms with E-state index in [0.717, 1.165) is 29.4 Å². The van der Waals surface area contributed by atoms with E-state index in [4.69, 9.17) is 9.15 Å². The lowest BCUT2D eigenvalue weighted by Crippen LogP contribution is -2.46. The molecule has 0 unspecified atom stereocenters. The van der Waals surface area contributed by atoms with Crippen LogP contribution < -0.4 is 15.7 Å². The normalized spacial score (nSPS) is 15.1. The summed E-state index contributed by atoms with van der Waals surface area (Å²) in [6.45, 7) is 5.29. The van der Waals surface area contributed by atoms with Gasteiger partial charge in [0.15, 0.2) is 6.10 Å². The lowest BCUT2D eigenvalue weighted by molar-refractivity contribution is -0.143. The molecule has 0 saturated carbocycles. The summed E-state index contributed by atoms with van der Waals surface area (Å²) < 4.78 is 11.4. The van der Waals surface area contributed by atoms with Crippen molar-refractivity contribution in [1.29, 1.82) is 0 Å². The first-order chi connectivity index (χ1) is 13.3. The Balaban J connectivity index is 1.91. The Kier molecular flexibility index (Phi) is 5.72. The molecule has 7 heteroatoms. The number of benzene rings is 1. The van der Waals surface area contributed by atoms with Gasteiger partial charge in [0.1, 0.15) is 17.4 Å². The Bertz CT molecular complexity index is 977. The van der Waals surface area contributed by atoms with Crippen molar-refractivity contribution in [1.82, 2.24) is 5.32 Å². The standard InChI is InChI=1S/C21H25NO6/c1-4-6-15(20(24)25)22-19(23)12(3)27-16-9-11(2)10-17-18(16)13-7-5-8-14(13)21(26)28-17/h9-10,12,15H,4-8H2,1-3H3,(H,22,23)(H,24,25)/t12-,15-/m0/s1. The molecule has 0 bridgehead atoms. The summed E-state index contributed by atoms with van der Waals surface area (Å²) in [4.78, 5) is 36.0. The predicted octanol–water partition coefficient (Wildman–Crippen LogP) is 2.73. The van der Waals surface area contributed by atoms with Gasteiger partial charge in [-0.3, -0.25) is 4.79 Å². The number of hydrogen-bond donors (Lipinski definition) is 2. The predicted molar refractivity (Wildman–Crippen MR) is 104 cm³/mol. The van der Waals surface area contributed by atoms with Gasteiger partial charge in [-0.05, 0) is 62.8 Å². The lowest BCUT2D eigenvalue weighted by atomic mass is 10.0. The summed E-state index contributed by atoms with van der Waals surface area (Å²) in [6.07, 6.45) is 2.40. The third-order valence-electron chi connectivity index (χ3n) is 5.04. The summed E-state index contributed by atoms with van der Waals surface area (Å²) in [5.41, 5.74) is 2.56. The van der Waals surface area contributed by atoms with Crippen LogP contribution in [0.3, 0.4) is 0 Å². The van der Waals surface area contributed by atoms with E-state index in [1.54, 1.807) is 13.0 Å². The molecule has 0 fully saturated rings. The minimum absolute atomic E-state index is 0.314. The molecule has 1 aliphatic carbocycles. The number of fused-ring (bicyclic) bond motifs is 3. The van der Waals surface area contributed by atoms with Crippen LogP contribution in [0.15, 0.2) is 21.3 Å². The zero-order chi connectivity index (χ0) is 20.4. The number of carboxylic acids is 1. The third-order valence-corrected chi connectivity index (χ3v) is 5.04. The van der Waals surface area contributed by atoms with E-state index >= 15 is 0 Å². The van der Waals surface area contributed by atoms with Crippen LogP contribution in [0.25, 0.3) is 11.0 Å². The quantitative estimate of drug-likeness (QED) is 0.708. The van der Waals surface area contributed by atoms with Crippen LogP contribution in [0.4, 0.5) is 0 Å². The molecule has 0 saturated heterocycles. The Morgan fingerprint density at radius 1 is 1.29 bits per heavy atom. The Hall–Kier alpha value is -2.83. The summed E-state index contributed by atoms with van der Waals surface area (Å²) in [7, 11) is 0.